The van der Waals surface area contributed by atoms with Crippen molar-refractivity contribution >= 4 is 39.2 Å². The van der Waals surface area contributed by atoms with E-state index in [9.17, 15) is 9.59 Å². The highest BCUT2D eigenvalue weighted by molar-refractivity contribution is 7.99. The van der Waals surface area contributed by atoms with Gasteiger partial charge in [-0.15, -0.1) is 11.3 Å². The first-order valence-electron chi connectivity index (χ1n) is 7.08. The number of fused-ring (bicyclic) bond motifs is 1. The van der Waals surface area contributed by atoms with Crippen molar-refractivity contribution in [3.8, 4) is 0 Å². The summed E-state index contributed by atoms with van der Waals surface area (Å²) in [5.74, 6) is 0.108. The van der Waals surface area contributed by atoms with E-state index in [0.717, 1.165) is 5.56 Å². The van der Waals surface area contributed by atoms with Crippen LogP contribution in [0.4, 0.5) is 0 Å². The molecule has 1 aromatic carbocycles. The molecule has 0 spiro atoms. The van der Waals surface area contributed by atoms with Crippen molar-refractivity contribution < 1.29 is 4.79 Å². The number of carbonyl (C=O) groups is 1. The third-order valence-electron chi connectivity index (χ3n) is 3.33. The van der Waals surface area contributed by atoms with Crippen LogP contribution in [-0.2, 0) is 4.79 Å². The van der Waals surface area contributed by atoms with Crippen LogP contribution in [0.1, 0.15) is 18.5 Å². The van der Waals surface area contributed by atoms with E-state index in [1.54, 1.807) is 6.07 Å². The Kier molecular flexibility index (Phi) is 4.78. The summed E-state index contributed by atoms with van der Waals surface area (Å²) < 4.78 is 0. The number of benzene rings is 1. The van der Waals surface area contributed by atoms with Crippen molar-refractivity contribution in [2.24, 2.45) is 0 Å². The van der Waals surface area contributed by atoms with Crippen LogP contribution in [0.5, 0.6) is 0 Å². The molecule has 1 amide bonds. The lowest BCUT2D eigenvalue weighted by atomic mass is 10.1. The zero-order chi connectivity index (χ0) is 16.2. The van der Waals surface area contributed by atoms with E-state index < -0.39 is 0 Å². The number of H-pyrrole nitrogens is 1. The Balaban J connectivity index is 1.61. The minimum Gasteiger partial charge on any atom is -0.349 e. The molecule has 1 atom stereocenters. The van der Waals surface area contributed by atoms with Gasteiger partial charge in [-0.1, -0.05) is 42.1 Å². The van der Waals surface area contributed by atoms with Crippen LogP contribution in [0.3, 0.4) is 0 Å². The van der Waals surface area contributed by atoms with Crippen LogP contribution < -0.4 is 10.9 Å². The van der Waals surface area contributed by atoms with Crippen molar-refractivity contribution in [3.05, 3.63) is 57.7 Å². The van der Waals surface area contributed by atoms with E-state index in [1.807, 2.05) is 42.6 Å². The lowest BCUT2D eigenvalue weighted by Gasteiger charge is -2.13. The molecule has 0 aliphatic carbocycles. The minimum atomic E-state index is -0.170. The summed E-state index contributed by atoms with van der Waals surface area (Å²) >= 11 is 2.64. The number of thioether (sulfide) groups is 1. The summed E-state index contributed by atoms with van der Waals surface area (Å²) in [6, 6.07) is 11.5. The standard InChI is InChI=1S/C16H15N3O2S2/c1-10(11-5-3-2-4-6-11)17-13(20)9-23-16-18-14(21)12-7-8-22-15(12)19-16/h2-8,10H,9H2,1H3,(H,17,20)(H,18,19,21)/t10-/m0/s1. The predicted molar refractivity (Wildman–Crippen MR) is 94.0 cm³/mol. The molecule has 118 valence electrons. The number of carbonyl (C=O) groups excluding carboxylic acids is 1. The Morgan fingerprint density at radius 3 is 2.91 bits per heavy atom. The molecule has 3 rings (SSSR count). The topological polar surface area (TPSA) is 74.8 Å². The van der Waals surface area contributed by atoms with Gasteiger partial charge in [-0.05, 0) is 23.9 Å². The zero-order valence-electron chi connectivity index (χ0n) is 12.4. The molecule has 3 aromatic rings. The first-order chi connectivity index (χ1) is 11.1. The summed E-state index contributed by atoms with van der Waals surface area (Å²) in [5.41, 5.74) is 0.884. The second kappa shape index (κ2) is 6.97. The van der Waals surface area contributed by atoms with Gasteiger partial charge in [-0.3, -0.25) is 9.59 Å². The van der Waals surface area contributed by atoms with E-state index in [4.69, 9.17) is 0 Å². The van der Waals surface area contributed by atoms with Crippen LogP contribution in [0.25, 0.3) is 10.2 Å². The quantitative estimate of drug-likeness (QED) is 0.551. The van der Waals surface area contributed by atoms with Crippen molar-refractivity contribution in [2.45, 2.75) is 18.1 Å². The molecule has 0 saturated carbocycles. The molecule has 2 aromatic heterocycles. The van der Waals surface area contributed by atoms with E-state index in [2.05, 4.69) is 15.3 Å². The molecule has 23 heavy (non-hydrogen) atoms. The van der Waals surface area contributed by atoms with Crippen LogP contribution in [-0.4, -0.2) is 21.6 Å². The summed E-state index contributed by atoms with van der Waals surface area (Å²) in [6.07, 6.45) is 0. The summed E-state index contributed by atoms with van der Waals surface area (Å²) in [7, 11) is 0. The molecule has 7 heteroatoms. The largest absolute Gasteiger partial charge is 0.349 e. The Bertz CT molecular complexity index is 874. The fourth-order valence-electron chi connectivity index (χ4n) is 2.16. The summed E-state index contributed by atoms with van der Waals surface area (Å²) in [5, 5.41) is 5.82. The van der Waals surface area contributed by atoms with Gasteiger partial charge < -0.3 is 10.3 Å². The van der Waals surface area contributed by atoms with E-state index in [1.165, 1.54) is 23.1 Å². The van der Waals surface area contributed by atoms with Crippen LogP contribution >= 0.6 is 23.1 Å². The second-order valence-electron chi connectivity index (χ2n) is 5.00. The molecule has 0 aliphatic heterocycles. The Morgan fingerprint density at radius 2 is 2.13 bits per heavy atom. The molecular formula is C16H15N3O2S2. The number of aromatic nitrogens is 2. The molecule has 0 bridgehead atoms. The molecule has 2 N–H and O–H groups in total. The third-order valence-corrected chi connectivity index (χ3v) is 5.01. The van der Waals surface area contributed by atoms with Gasteiger partial charge in [0, 0.05) is 0 Å². The fourth-order valence-corrected chi connectivity index (χ4v) is 3.65. The van der Waals surface area contributed by atoms with Gasteiger partial charge in [0.1, 0.15) is 4.83 Å². The number of thiophene rings is 1. The lowest BCUT2D eigenvalue weighted by Crippen LogP contribution is -2.28. The first-order valence-corrected chi connectivity index (χ1v) is 8.94. The van der Waals surface area contributed by atoms with Gasteiger partial charge >= 0.3 is 0 Å². The Labute approximate surface area is 141 Å². The average molecular weight is 345 g/mol. The maximum Gasteiger partial charge on any atom is 0.260 e. The highest BCUT2D eigenvalue weighted by atomic mass is 32.2. The number of aromatic amines is 1. The highest BCUT2D eigenvalue weighted by Gasteiger charge is 2.11. The van der Waals surface area contributed by atoms with Crippen LogP contribution in [0.15, 0.2) is 51.7 Å². The molecule has 0 fully saturated rings. The number of nitrogens with zero attached hydrogens (tertiary/aromatic N) is 1. The van der Waals surface area contributed by atoms with Crippen LogP contribution in [0, 0.1) is 0 Å². The van der Waals surface area contributed by atoms with Crippen molar-refractivity contribution in [1.29, 1.82) is 0 Å². The Hall–Kier alpha value is -2.12. The average Bonchev–Trinajstić information content (AvgIpc) is 3.03. The van der Waals surface area contributed by atoms with Gasteiger partial charge in [0.25, 0.3) is 5.56 Å². The molecular weight excluding hydrogens is 330 g/mol. The first kappa shape index (κ1) is 15.8. The molecule has 0 unspecified atom stereocenters. The van der Waals surface area contributed by atoms with Crippen LogP contribution in [0.2, 0.25) is 0 Å². The zero-order valence-corrected chi connectivity index (χ0v) is 14.0. The maximum absolute atomic E-state index is 12.0. The second-order valence-corrected chi connectivity index (χ2v) is 6.86. The van der Waals surface area contributed by atoms with Gasteiger partial charge in [-0.25, -0.2) is 4.98 Å². The van der Waals surface area contributed by atoms with Gasteiger partial charge in [-0.2, -0.15) is 0 Å². The predicted octanol–water partition coefficient (Wildman–Crippen LogP) is 2.95. The van der Waals surface area contributed by atoms with E-state index >= 15 is 0 Å². The molecule has 0 saturated heterocycles. The molecule has 5 nitrogen and oxygen atoms in total. The normalized spacial score (nSPS) is 12.2. The summed E-state index contributed by atoms with van der Waals surface area (Å²) in [6.45, 7) is 1.94. The fraction of sp³-hybridized carbons (Fsp3) is 0.188. The van der Waals surface area contributed by atoms with Crippen molar-refractivity contribution in [3.63, 3.8) is 0 Å². The monoisotopic (exact) mass is 345 g/mol. The maximum atomic E-state index is 12.0. The number of amides is 1. The Morgan fingerprint density at radius 1 is 1.35 bits per heavy atom. The summed E-state index contributed by atoms with van der Waals surface area (Å²) in [4.78, 5) is 31.7. The third kappa shape index (κ3) is 3.80. The molecule has 2 heterocycles. The lowest BCUT2D eigenvalue weighted by molar-refractivity contribution is -0.119. The number of hydrogen-bond donors (Lipinski definition) is 2. The number of nitrogens with one attached hydrogen (secondary N) is 2. The number of rotatable bonds is 5. The molecule has 0 aliphatic rings. The molecule has 0 radical (unpaired) electrons. The van der Waals surface area contributed by atoms with Gasteiger partial charge in [0.15, 0.2) is 5.16 Å². The van der Waals surface area contributed by atoms with Crippen molar-refractivity contribution in [1.82, 2.24) is 15.3 Å². The number of hydrogen-bond acceptors (Lipinski definition) is 5. The van der Waals surface area contributed by atoms with Gasteiger partial charge in [0.2, 0.25) is 5.91 Å². The van der Waals surface area contributed by atoms with E-state index in [0.29, 0.717) is 15.4 Å². The minimum absolute atomic E-state index is 0.0592. The van der Waals surface area contributed by atoms with Gasteiger partial charge in [0.05, 0.1) is 17.2 Å². The smallest absolute Gasteiger partial charge is 0.260 e. The highest BCUT2D eigenvalue weighted by Crippen LogP contribution is 2.19. The van der Waals surface area contributed by atoms with Crippen molar-refractivity contribution in [2.75, 3.05) is 5.75 Å². The van der Waals surface area contributed by atoms with E-state index in [-0.39, 0.29) is 23.3 Å². The SMILES string of the molecule is C[C@H](NC(=O)CSc1nc2sccc2c(=O)[nH]1)c1ccccc1.